The van der Waals surface area contributed by atoms with Gasteiger partial charge >= 0.3 is 0 Å². The summed E-state index contributed by atoms with van der Waals surface area (Å²) >= 11 is 5.99. The third-order valence-corrected chi connectivity index (χ3v) is 3.34. The number of anilines is 1. The summed E-state index contributed by atoms with van der Waals surface area (Å²) in [5, 5.41) is 9.77. The molecule has 1 fully saturated rings. The molecule has 1 saturated heterocycles. The Bertz CT molecular complexity index is 442. The van der Waals surface area contributed by atoms with Crippen molar-refractivity contribution >= 4 is 17.3 Å². The van der Waals surface area contributed by atoms with Gasteiger partial charge in [0.15, 0.2) is 0 Å². The van der Waals surface area contributed by atoms with Crippen LogP contribution >= 0.6 is 11.6 Å². The van der Waals surface area contributed by atoms with Crippen LogP contribution in [0.2, 0.25) is 5.02 Å². The van der Waals surface area contributed by atoms with Crippen LogP contribution in [0.5, 0.6) is 0 Å². The molecule has 0 saturated carbocycles. The van der Waals surface area contributed by atoms with Gasteiger partial charge in [0.2, 0.25) is 0 Å². The van der Waals surface area contributed by atoms with Crippen molar-refractivity contribution in [1.29, 1.82) is 5.26 Å². The van der Waals surface area contributed by atoms with Crippen molar-refractivity contribution in [3.8, 4) is 6.07 Å². The average Bonchev–Trinajstić information content (AvgIpc) is 2.78. The van der Waals surface area contributed by atoms with Crippen LogP contribution in [0.3, 0.4) is 0 Å². The first-order chi connectivity index (χ1) is 8.24. The standard InChI is InChI=1S/C13H15ClN2O/c1-17-9-10-4-5-16(8-10)13-6-12(14)3-2-11(13)7-15/h2-3,6,10H,4-5,8-9H2,1H3. The molecule has 0 bridgehead atoms. The quantitative estimate of drug-likeness (QED) is 0.828. The van der Waals surface area contributed by atoms with Gasteiger partial charge in [-0.25, -0.2) is 0 Å². The molecular formula is C13H15ClN2O. The Labute approximate surface area is 107 Å². The van der Waals surface area contributed by atoms with E-state index in [-0.39, 0.29) is 0 Å². The fourth-order valence-electron chi connectivity index (χ4n) is 2.28. The molecule has 0 radical (unpaired) electrons. The molecule has 0 N–H and O–H groups in total. The Balaban J connectivity index is 2.18. The highest BCUT2D eigenvalue weighted by Crippen LogP contribution is 2.29. The summed E-state index contributed by atoms with van der Waals surface area (Å²) in [7, 11) is 1.72. The molecule has 1 aliphatic rings. The van der Waals surface area contributed by atoms with Crippen LogP contribution in [0.4, 0.5) is 5.69 Å². The monoisotopic (exact) mass is 250 g/mol. The van der Waals surface area contributed by atoms with Crippen molar-refractivity contribution in [2.45, 2.75) is 6.42 Å². The van der Waals surface area contributed by atoms with Gasteiger partial charge in [-0.2, -0.15) is 5.26 Å². The number of benzene rings is 1. The zero-order valence-corrected chi connectivity index (χ0v) is 10.6. The van der Waals surface area contributed by atoms with Crippen LogP contribution in [0.15, 0.2) is 18.2 Å². The summed E-state index contributed by atoms with van der Waals surface area (Å²) in [6.45, 7) is 2.67. The molecule has 2 rings (SSSR count). The van der Waals surface area contributed by atoms with E-state index in [1.165, 1.54) is 0 Å². The van der Waals surface area contributed by atoms with Crippen molar-refractivity contribution in [2.75, 3.05) is 31.7 Å². The van der Waals surface area contributed by atoms with Crippen molar-refractivity contribution in [2.24, 2.45) is 5.92 Å². The molecule has 1 aromatic carbocycles. The van der Waals surface area contributed by atoms with Crippen LogP contribution in [0.25, 0.3) is 0 Å². The van der Waals surface area contributed by atoms with E-state index in [1.54, 1.807) is 19.2 Å². The minimum atomic E-state index is 0.547. The topological polar surface area (TPSA) is 36.3 Å². The molecule has 0 aliphatic carbocycles. The summed E-state index contributed by atoms with van der Waals surface area (Å²) in [5.74, 6) is 0.547. The highest BCUT2D eigenvalue weighted by Gasteiger charge is 2.24. The van der Waals surface area contributed by atoms with Crippen LogP contribution < -0.4 is 4.90 Å². The SMILES string of the molecule is COCC1CCN(c2cc(Cl)ccc2C#N)C1. The van der Waals surface area contributed by atoms with Gasteiger partial charge in [-0.15, -0.1) is 0 Å². The second-order valence-corrected chi connectivity index (χ2v) is 4.77. The summed E-state index contributed by atoms with van der Waals surface area (Å²) in [5.41, 5.74) is 1.63. The summed E-state index contributed by atoms with van der Waals surface area (Å²) < 4.78 is 5.17. The largest absolute Gasteiger partial charge is 0.384 e. The van der Waals surface area contributed by atoms with Crippen LogP contribution in [-0.2, 0) is 4.74 Å². The molecule has 1 aliphatic heterocycles. The van der Waals surface area contributed by atoms with E-state index < -0.39 is 0 Å². The summed E-state index contributed by atoms with van der Waals surface area (Å²) in [6, 6.07) is 7.62. The first-order valence-corrected chi connectivity index (χ1v) is 6.06. The number of ether oxygens (including phenoxy) is 1. The van der Waals surface area contributed by atoms with Gasteiger partial charge < -0.3 is 9.64 Å². The Morgan fingerprint density at radius 1 is 1.59 bits per heavy atom. The lowest BCUT2D eigenvalue weighted by Gasteiger charge is -2.20. The number of halogens is 1. The van der Waals surface area contributed by atoms with Gasteiger partial charge in [0.05, 0.1) is 17.9 Å². The maximum Gasteiger partial charge on any atom is 0.101 e. The molecule has 0 spiro atoms. The number of hydrogen-bond acceptors (Lipinski definition) is 3. The van der Waals surface area contributed by atoms with Gasteiger partial charge in [-0.3, -0.25) is 0 Å². The average molecular weight is 251 g/mol. The van der Waals surface area contributed by atoms with Gasteiger partial charge in [0.25, 0.3) is 0 Å². The van der Waals surface area contributed by atoms with E-state index in [4.69, 9.17) is 21.6 Å². The molecule has 90 valence electrons. The first-order valence-electron chi connectivity index (χ1n) is 5.68. The number of rotatable bonds is 3. The highest BCUT2D eigenvalue weighted by molar-refractivity contribution is 6.30. The minimum Gasteiger partial charge on any atom is -0.384 e. The van der Waals surface area contributed by atoms with Crippen LogP contribution in [0.1, 0.15) is 12.0 Å². The van der Waals surface area contributed by atoms with E-state index >= 15 is 0 Å². The van der Waals surface area contributed by atoms with Gasteiger partial charge in [0, 0.05) is 31.1 Å². The molecule has 4 heteroatoms. The smallest absolute Gasteiger partial charge is 0.101 e. The fraction of sp³-hybridized carbons (Fsp3) is 0.462. The molecule has 3 nitrogen and oxygen atoms in total. The zero-order chi connectivity index (χ0) is 12.3. The van der Waals surface area contributed by atoms with Gasteiger partial charge in [-0.05, 0) is 24.6 Å². The maximum absolute atomic E-state index is 9.09. The normalized spacial score (nSPS) is 19.4. The second kappa shape index (κ2) is 5.39. The molecule has 0 aromatic heterocycles. The number of hydrogen-bond donors (Lipinski definition) is 0. The first kappa shape index (κ1) is 12.2. The van der Waals surface area contributed by atoms with Crippen molar-refractivity contribution < 1.29 is 4.74 Å². The molecular weight excluding hydrogens is 236 g/mol. The van der Waals surface area contributed by atoms with E-state index in [0.717, 1.165) is 31.8 Å². The lowest BCUT2D eigenvalue weighted by molar-refractivity contribution is 0.161. The Kier molecular flexibility index (Phi) is 3.88. The highest BCUT2D eigenvalue weighted by atomic mass is 35.5. The predicted octanol–water partition coefficient (Wildman–Crippen LogP) is 2.68. The molecule has 1 unspecified atom stereocenters. The molecule has 0 amide bonds. The Hall–Kier alpha value is -1.24. The second-order valence-electron chi connectivity index (χ2n) is 4.33. The Morgan fingerprint density at radius 2 is 2.41 bits per heavy atom. The third-order valence-electron chi connectivity index (χ3n) is 3.11. The van der Waals surface area contributed by atoms with Crippen LogP contribution in [-0.4, -0.2) is 26.8 Å². The predicted molar refractivity (Wildman–Crippen MR) is 68.4 cm³/mol. The van der Waals surface area contributed by atoms with Crippen LogP contribution in [0, 0.1) is 17.2 Å². The molecule has 17 heavy (non-hydrogen) atoms. The molecule has 1 heterocycles. The zero-order valence-electron chi connectivity index (χ0n) is 9.82. The van der Waals surface area contributed by atoms with E-state index in [0.29, 0.717) is 16.5 Å². The third kappa shape index (κ3) is 2.71. The summed E-state index contributed by atoms with van der Waals surface area (Å²) in [4.78, 5) is 2.22. The number of methoxy groups -OCH3 is 1. The van der Waals surface area contributed by atoms with Gasteiger partial charge in [-0.1, -0.05) is 11.6 Å². The molecule has 1 atom stereocenters. The fourth-order valence-corrected chi connectivity index (χ4v) is 2.45. The number of nitriles is 1. The van der Waals surface area contributed by atoms with E-state index in [1.807, 2.05) is 6.07 Å². The minimum absolute atomic E-state index is 0.547. The molecule has 1 aromatic rings. The van der Waals surface area contributed by atoms with Gasteiger partial charge in [0.1, 0.15) is 6.07 Å². The van der Waals surface area contributed by atoms with Crippen molar-refractivity contribution in [1.82, 2.24) is 0 Å². The maximum atomic E-state index is 9.09. The lowest BCUT2D eigenvalue weighted by Crippen LogP contribution is -2.21. The summed E-state index contributed by atoms with van der Waals surface area (Å²) in [6.07, 6.45) is 1.10. The lowest BCUT2D eigenvalue weighted by atomic mass is 10.1. The number of nitrogens with zero attached hydrogens (tertiary/aromatic N) is 2. The van der Waals surface area contributed by atoms with E-state index in [9.17, 15) is 0 Å². The van der Waals surface area contributed by atoms with Crippen molar-refractivity contribution in [3.05, 3.63) is 28.8 Å². The van der Waals surface area contributed by atoms with Crippen molar-refractivity contribution in [3.63, 3.8) is 0 Å². The van der Waals surface area contributed by atoms with E-state index in [2.05, 4.69) is 11.0 Å². The Morgan fingerprint density at radius 3 is 3.12 bits per heavy atom.